The summed E-state index contributed by atoms with van der Waals surface area (Å²) in [4.78, 5) is 23.7. The highest BCUT2D eigenvalue weighted by atomic mass is 16.2. The Morgan fingerprint density at radius 1 is 0.947 bits per heavy atom. The van der Waals surface area contributed by atoms with Crippen LogP contribution in [0.25, 0.3) is 0 Å². The Balaban J connectivity index is 2.87. The van der Waals surface area contributed by atoms with Crippen molar-refractivity contribution in [1.29, 1.82) is 0 Å². The minimum Gasteiger partial charge on any atom is -0.399 e. The second-order valence-corrected chi connectivity index (χ2v) is 4.36. The van der Waals surface area contributed by atoms with Crippen LogP contribution in [0, 0.1) is 0 Å². The minimum absolute atomic E-state index is 0.210. The van der Waals surface area contributed by atoms with Crippen molar-refractivity contribution in [3.8, 4) is 0 Å². The van der Waals surface area contributed by atoms with E-state index < -0.39 is 0 Å². The molecule has 0 aromatic heterocycles. The smallest absolute Gasteiger partial charge is 0.251 e. The average Bonchev–Trinajstić information content (AvgIpc) is 2.41. The molecule has 0 saturated carbocycles. The van der Waals surface area contributed by atoms with Gasteiger partial charge in [0.05, 0.1) is 0 Å². The molecule has 1 aromatic rings. The van der Waals surface area contributed by atoms with Crippen LogP contribution < -0.4 is 16.4 Å². The molecule has 104 valence electrons. The normalized spacial score (nSPS) is 10.0. The van der Waals surface area contributed by atoms with E-state index in [1.165, 1.54) is 0 Å². The fourth-order valence-electron chi connectivity index (χ4n) is 1.60. The summed E-state index contributed by atoms with van der Waals surface area (Å²) < 4.78 is 0. The largest absolute Gasteiger partial charge is 0.399 e. The van der Waals surface area contributed by atoms with Gasteiger partial charge in [-0.3, -0.25) is 9.59 Å². The fourth-order valence-corrected chi connectivity index (χ4v) is 1.60. The molecule has 0 spiro atoms. The van der Waals surface area contributed by atoms with Crippen molar-refractivity contribution in [2.45, 2.75) is 26.7 Å². The highest BCUT2D eigenvalue weighted by Crippen LogP contribution is 2.12. The number of carbonyl (C=O) groups excluding carboxylic acids is 2. The molecule has 5 heteroatoms. The molecule has 0 fully saturated rings. The Morgan fingerprint density at radius 3 is 1.74 bits per heavy atom. The number of carbonyl (C=O) groups is 2. The molecule has 2 amide bonds. The Morgan fingerprint density at radius 2 is 1.37 bits per heavy atom. The van der Waals surface area contributed by atoms with Gasteiger partial charge in [-0.05, 0) is 31.0 Å². The maximum atomic E-state index is 11.8. The number of nitrogens with two attached hydrogens (primary N) is 1. The third-order valence-corrected chi connectivity index (χ3v) is 2.55. The molecule has 0 aliphatic heterocycles. The molecule has 0 aliphatic carbocycles. The summed E-state index contributed by atoms with van der Waals surface area (Å²) in [5.74, 6) is -0.419. The van der Waals surface area contributed by atoms with E-state index in [4.69, 9.17) is 5.73 Å². The first kappa shape index (κ1) is 15.0. The average molecular weight is 263 g/mol. The van der Waals surface area contributed by atoms with Gasteiger partial charge >= 0.3 is 0 Å². The van der Waals surface area contributed by atoms with Crippen molar-refractivity contribution in [2.24, 2.45) is 0 Å². The van der Waals surface area contributed by atoms with Crippen molar-refractivity contribution in [2.75, 3.05) is 18.8 Å². The van der Waals surface area contributed by atoms with Crippen LogP contribution in [-0.4, -0.2) is 24.9 Å². The van der Waals surface area contributed by atoms with Crippen LogP contribution in [0.5, 0.6) is 0 Å². The lowest BCUT2D eigenvalue weighted by atomic mass is 10.1. The number of hydrogen-bond donors (Lipinski definition) is 3. The first-order valence-corrected chi connectivity index (χ1v) is 6.55. The van der Waals surface area contributed by atoms with Crippen molar-refractivity contribution in [3.05, 3.63) is 29.3 Å². The van der Waals surface area contributed by atoms with Gasteiger partial charge in [-0.15, -0.1) is 0 Å². The predicted octanol–water partition coefficient (Wildman–Crippen LogP) is 1.55. The van der Waals surface area contributed by atoms with Crippen LogP contribution in [0.4, 0.5) is 5.69 Å². The first-order valence-electron chi connectivity index (χ1n) is 6.55. The molecule has 5 nitrogen and oxygen atoms in total. The van der Waals surface area contributed by atoms with Gasteiger partial charge in [0.1, 0.15) is 0 Å². The molecule has 0 aliphatic rings. The zero-order valence-electron chi connectivity index (χ0n) is 11.5. The molecule has 0 bridgehead atoms. The minimum atomic E-state index is -0.210. The summed E-state index contributed by atoms with van der Waals surface area (Å²) >= 11 is 0. The molecule has 1 rings (SSSR count). The van der Waals surface area contributed by atoms with Crippen molar-refractivity contribution in [3.63, 3.8) is 0 Å². The van der Waals surface area contributed by atoms with Crippen molar-refractivity contribution in [1.82, 2.24) is 10.6 Å². The molecular weight excluding hydrogens is 242 g/mol. The molecule has 0 radical (unpaired) electrons. The van der Waals surface area contributed by atoms with Crippen LogP contribution in [0.2, 0.25) is 0 Å². The summed E-state index contributed by atoms with van der Waals surface area (Å²) in [6, 6.07) is 4.70. The molecule has 0 atom stereocenters. The van der Waals surface area contributed by atoms with E-state index in [9.17, 15) is 9.59 Å². The summed E-state index contributed by atoms with van der Waals surface area (Å²) in [5, 5.41) is 5.52. The van der Waals surface area contributed by atoms with Gasteiger partial charge in [-0.25, -0.2) is 0 Å². The van der Waals surface area contributed by atoms with E-state index in [2.05, 4.69) is 10.6 Å². The second kappa shape index (κ2) is 7.41. The second-order valence-electron chi connectivity index (χ2n) is 4.36. The molecule has 0 heterocycles. The van der Waals surface area contributed by atoms with E-state index in [0.29, 0.717) is 29.9 Å². The highest BCUT2D eigenvalue weighted by Gasteiger charge is 2.11. The molecule has 4 N–H and O–H groups in total. The maximum absolute atomic E-state index is 11.8. The molecular formula is C14H21N3O2. The van der Waals surface area contributed by atoms with E-state index in [1.807, 2.05) is 13.8 Å². The first-order chi connectivity index (χ1) is 9.08. The third-order valence-electron chi connectivity index (χ3n) is 2.55. The van der Waals surface area contributed by atoms with Crippen LogP contribution in [0.1, 0.15) is 47.4 Å². The summed E-state index contributed by atoms with van der Waals surface area (Å²) in [6.07, 6.45) is 1.72. The van der Waals surface area contributed by atoms with Gasteiger partial charge in [-0.1, -0.05) is 13.8 Å². The number of nitrogens with one attached hydrogen (secondary N) is 2. The Labute approximate surface area is 113 Å². The zero-order chi connectivity index (χ0) is 14.3. The van der Waals surface area contributed by atoms with Crippen molar-refractivity contribution >= 4 is 17.5 Å². The van der Waals surface area contributed by atoms with Gasteiger partial charge in [-0.2, -0.15) is 0 Å². The van der Waals surface area contributed by atoms with Crippen LogP contribution in [0.3, 0.4) is 0 Å². The van der Waals surface area contributed by atoms with E-state index >= 15 is 0 Å². The van der Waals surface area contributed by atoms with Gasteiger partial charge in [0, 0.05) is 29.9 Å². The Bertz CT molecular complexity index is 420. The fraction of sp³-hybridized carbons (Fsp3) is 0.429. The number of hydrogen-bond acceptors (Lipinski definition) is 3. The summed E-state index contributed by atoms with van der Waals surface area (Å²) in [5.41, 5.74) is 6.96. The van der Waals surface area contributed by atoms with E-state index in [1.54, 1.807) is 18.2 Å². The number of amides is 2. The number of nitrogen functional groups attached to an aromatic ring is 1. The molecule has 19 heavy (non-hydrogen) atoms. The van der Waals surface area contributed by atoms with Crippen LogP contribution in [0.15, 0.2) is 18.2 Å². The topological polar surface area (TPSA) is 84.2 Å². The maximum Gasteiger partial charge on any atom is 0.251 e. The van der Waals surface area contributed by atoms with Crippen molar-refractivity contribution < 1.29 is 9.59 Å². The number of benzene rings is 1. The lowest BCUT2D eigenvalue weighted by Gasteiger charge is -2.08. The van der Waals surface area contributed by atoms with Gasteiger partial charge in [0.15, 0.2) is 0 Å². The molecule has 0 unspecified atom stereocenters. The number of anilines is 1. The molecule has 0 saturated heterocycles. The lowest BCUT2D eigenvalue weighted by molar-refractivity contribution is 0.0953. The highest BCUT2D eigenvalue weighted by molar-refractivity contribution is 6.00. The zero-order valence-corrected chi connectivity index (χ0v) is 11.5. The van der Waals surface area contributed by atoms with E-state index in [-0.39, 0.29) is 11.8 Å². The standard InChI is InChI=1S/C14H21N3O2/c1-3-5-16-13(18)10-7-11(9-12(15)8-10)14(19)17-6-4-2/h7-9H,3-6,15H2,1-2H3,(H,16,18)(H,17,19). The quantitative estimate of drug-likeness (QED) is 0.681. The monoisotopic (exact) mass is 263 g/mol. The summed E-state index contributed by atoms with van der Waals surface area (Å²) in [7, 11) is 0. The molecule has 1 aromatic carbocycles. The lowest BCUT2D eigenvalue weighted by Crippen LogP contribution is -2.26. The predicted molar refractivity (Wildman–Crippen MR) is 76.1 cm³/mol. The van der Waals surface area contributed by atoms with Gasteiger partial charge < -0.3 is 16.4 Å². The van der Waals surface area contributed by atoms with Gasteiger partial charge in [0.25, 0.3) is 11.8 Å². The Hall–Kier alpha value is -2.04. The van der Waals surface area contributed by atoms with E-state index in [0.717, 1.165) is 12.8 Å². The third kappa shape index (κ3) is 4.62. The Kier molecular flexibility index (Phi) is 5.85. The van der Waals surface area contributed by atoms with Crippen LogP contribution in [-0.2, 0) is 0 Å². The van der Waals surface area contributed by atoms with Gasteiger partial charge in [0.2, 0.25) is 0 Å². The summed E-state index contributed by atoms with van der Waals surface area (Å²) in [6.45, 7) is 5.16. The number of rotatable bonds is 6. The SMILES string of the molecule is CCCNC(=O)c1cc(N)cc(C(=O)NCCC)c1. The van der Waals surface area contributed by atoms with Crippen LogP contribution >= 0.6 is 0 Å².